The largest absolute Gasteiger partial charge is 0.315 e. The van der Waals surface area contributed by atoms with Gasteiger partial charge in [-0.05, 0) is 45.4 Å². The van der Waals surface area contributed by atoms with Crippen LogP contribution in [-0.2, 0) is 10.0 Å². The van der Waals surface area contributed by atoms with Crippen LogP contribution < -0.4 is 9.62 Å². The van der Waals surface area contributed by atoms with Gasteiger partial charge in [-0.1, -0.05) is 24.6 Å². The van der Waals surface area contributed by atoms with Gasteiger partial charge >= 0.3 is 0 Å². The Labute approximate surface area is 123 Å². The molecule has 20 heavy (non-hydrogen) atoms. The van der Waals surface area contributed by atoms with E-state index < -0.39 is 15.3 Å². The molecular formula is C15H26N2O2S. The molecule has 0 amide bonds. The van der Waals surface area contributed by atoms with E-state index >= 15 is 0 Å². The molecule has 1 unspecified atom stereocenters. The minimum atomic E-state index is -3.34. The van der Waals surface area contributed by atoms with Crippen molar-refractivity contribution in [1.29, 1.82) is 0 Å². The zero-order valence-electron chi connectivity index (χ0n) is 13.1. The first-order valence-corrected chi connectivity index (χ1v) is 8.56. The summed E-state index contributed by atoms with van der Waals surface area (Å²) in [6.45, 7) is 9.07. The quantitative estimate of drug-likeness (QED) is 0.787. The van der Waals surface area contributed by atoms with Crippen LogP contribution in [0.4, 0.5) is 5.69 Å². The Kier molecular flexibility index (Phi) is 6.02. The first-order chi connectivity index (χ1) is 9.30. The minimum Gasteiger partial charge on any atom is -0.315 e. The van der Waals surface area contributed by atoms with E-state index in [1.165, 1.54) is 4.31 Å². The number of sulfonamides is 1. The van der Waals surface area contributed by atoms with Gasteiger partial charge in [0, 0.05) is 13.6 Å². The minimum absolute atomic E-state index is 0.445. The fraction of sp³-hybridized carbons (Fsp3) is 0.600. The topological polar surface area (TPSA) is 49.4 Å². The Morgan fingerprint density at radius 2 is 1.95 bits per heavy atom. The number of rotatable bonds is 7. The van der Waals surface area contributed by atoms with Gasteiger partial charge < -0.3 is 5.32 Å². The average molecular weight is 298 g/mol. The molecular weight excluding hydrogens is 272 g/mol. The fourth-order valence-electron chi connectivity index (χ4n) is 2.15. The van der Waals surface area contributed by atoms with E-state index in [0.29, 0.717) is 6.54 Å². The van der Waals surface area contributed by atoms with Crippen LogP contribution >= 0.6 is 0 Å². The van der Waals surface area contributed by atoms with Crippen molar-refractivity contribution in [3.63, 3.8) is 0 Å². The van der Waals surface area contributed by atoms with Gasteiger partial charge in [-0.25, -0.2) is 8.42 Å². The van der Waals surface area contributed by atoms with Crippen LogP contribution in [0.1, 0.15) is 31.4 Å². The molecule has 5 heteroatoms. The van der Waals surface area contributed by atoms with E-state index in [-0.39, 0.29) is 0 Å². The maximum absolute atomic E-state index is 12.5. The van der Waals surface area contributed by atoms with Crippen LogP contribution in [0.15, 0.2) is 18.2 Å². The highest BCUT2D eigenvalue weighted by Crippen LogP contribution is 2.24. The molecule has 0 saturated heterocycles. The van der Waals surface area contributed by atoms with Gasteiger partial charge in [-0.2, -0.15) is 0 Å². The molecule has 1 aromatic carbocycles. The van der Waals surface area contributed by atoms with Gasteiger partial charge in [-0.3, -0.25) is 4.31 Å². The summed E-state index contributed by atoms with van der Waals surface area (Å²) in [4.78, 5) is 0. The van der Waals surface area contributed by atoms with Crippen molar-refractivity contribution in [3.05, 3.63) is 29.3 Å². The molecule has 1 aromatic rings. The molecule has 0 aliphatic rings. The Morgan fingerprint density at radius 3 is 2.50 bits per heavy atom. The maximum atomic E-state index is 12.5. The molecule has 0 heterocycles. The average Bonchev–Trinajstić information content (AvgIpc) is 2.38. The molecule has 1 N–H and O–H groups in total. The van der Waals surface area contributed by atoms with E-state index in [1.807, 2.05) is 32.0 Å². The third-order valence-electron chi connectivity index (χ3n) is 3.44. The second-order valence-corrected chi connectivity index (χ2v) is 7.70. The normalized spacial score (nSPS) is 13.2. The zero-order chi connectivity index (χ0) is 15.3. The van der Waals surface area contributed by atoms with Crippen LogP contribution in [0.3, 0.4) is 0 Å². The SMILES string of the molecule is CCCNCC(C)S(=O)(=O)N(C)c1ccc(C)cc1C. The number of benzene rings is 1. The molecule has 0 aliphatic heterocycles. The monoisotopic (exact) mass is 298 g/mol. The van der Waals surface area contributed by atoms with E-state index in [4.69, 9.17) is 0 Å². The molecule has 1 rings (SSSR count). The second-order valence-electron chi connectivity index (χ2n) is 5.32. The lowest BCUT2D eigenvalue weighted by Crippen LogP contribution is -2.40. The number of hydrogen-bond acceptors (Lipinski definition) is 3. The van der Waals surface area contributed by atoms with Crippen molar-refractivity contribution in [1.82, 2.24) is 5.32 Å². The van der Waals surface area contributed by atoms with E-state index in [9.17, 15) is 8.42 Å². The molecule has 0 fully saturated rings. The molecule has 0 aromatic heterocycles. The first kappa shape index (κ1) is 17.0. The summed E-state index contributed by atoms with van der Waals surface area (Å²) in [6.07, 6.45) is 1.000. The van der Waals surface area contributed by atoms with Crippen LogP contribution in [0.2, 0.25) is 0 Å². The Morgan fingerprint density at radius 1 is 1.30 bits per heavy atom. The molecule has 4 nitrogen and oxygen atoms in total. The molecule has 114 valence electrons. The standard InChI is InChI=1S/C15H26N2O2S/c1-6-9-16-11-14(4)20(18,19)17(5)15-8-7-12(2)10-13(15)3/h7-8,10,14,16H,6,9,11H2,1-5H3. The van der Waals surface area contributed by atoms with Crippen LogP contribution in [-0.4, -0.2) is 33.8 Å². The van der Waals surface area contributed by atoms with Crippen molar-refractivity contribution in [2.24, 2.45) is 0 Å². The number of nitrogens with zero attached hydrogens (tertiary/aromatic N) is 1. The van der Waals surface area contributed by atoms with Crippen molar-refractivity contribution in [3.8, 4) is 0 Å². The highest BCUT2D eigenvalue weighted by Gasteiger charge is 2.26. The number of anilines is 1. The van der Waals surface area contributed by atoms with Crippen molar-refractivity contribution >= 4 is 15.7 Å². The van der Waals surface area contributed by atoms with Gasteiger partial charge in [0.1, 0.15) is 0 Å². The summed E-state index contributed by atoms with van der Waals surface area (Å²) in [5.41, 5.74) is 2.86. The summed E-state index contributed by atoms with van der Waals surface area (Å²) >= 11 is 0. The molecule has 0 bridgehead atoms. The third kappa shape index (κ3) is 3.96. The molecule has 0 radical (unpaired) electrons. The fourth-order valence-corrected chi connectivity index (χ4v) is 3.50. The van der Waals surface area contributed by atoms with Crippen LogP contribution in [0.5, 0.6) is 0 Å². The Balaban J connectivity index is 2.90. The van der Waals surface area contributed by atoms with Crippen molar-refractivity contribution in [2.75, 3.05) is 24.4 Å². The maximum Gasteiger partial charge on any atom is 0.238 e. The highest BCUT2D eigenvalue weighted by atomic mass is 32.2. The lowest BCUT2D eigenvalue weighted by atomic mass is 10.1. The molecule has 1 atom stereocenters. The van der Waals surface area contributed by atoms with Crippen molar-refractivity contribution in [2.45, 2.75) is 39.4 Å². The van der Waals surface area contributed by atoms with Gasteiger partial charge in [-0.15, -0.1) is 0 Å². The van der Waals surface area contributed by atoms with E-state index in [2.05, 4.69) is 12.2 Å². The molecule has 0 saturated carbocycles. The Hall–Kier alpha value is -1.07. The van der Waals surface area contributed by atoms with Crippen molar-refractivity contribution < 1.29 is 8.42 Å². The van der Waals surface area contributed by atoms with Gasteiger partial charge in [0.15, 0.2) is 0 Å². The zero-order valence-corrected chi connectivity index (χ0v) is 13.9. The lowest BCUT2D eigenvalue weighted by Gasteiger charge is -2.25. The summed E-state index contributed by atoms with van der Waals surface area (Å²) < 4.78 is 26.5. The predicted molar refractivity (Wildman–Crippen MR) is 85.9 cm³/mol. The summed E-state index contributed by atoms with van der Waals surface area (Å²) in [7, 11) is -1.71. The van der Waals surface area contributed by atoms with Crippen LogP contribution in [0, 0.1) is 13.8 Å². The third-order valence-corrected chi connectivity index (χ3v) is 5.58. The summed E-state index contributed by atoms with van der Waals surface area (Å²) in [5.74, 6) is 0. The van der Waals surface area contributed by atoms with E-state index in [0.717, 1.165) is 29.8 Å². The lowest BCUT2D eigenvalue weighted by molar-refractivity contribution is 0.569. The number of hydrogen-bond donors (Lipinski definition) is 1. The van der Waals surface area contributed by atoms with E-state index in [1.54, 1.807) is 14.0 Å². The molecule has 0 spiro atoms. The number of nitrogens with one attached hydrogen (secondary N) is 1. The Bertz CT molecular complexity index is 541. The number of aryl methyl sites for hydroxylation is 2. The second kappa shape index (κ2) is 7.09. The van der Waals surface area contributed by atoms with Gasteiger partial charge in [0.2, 0.25) is 10.0 Å². The summed E-state index contributed by atoms with van der Waals surface area (Å²) in [6, 6.07) is 5.81. The highest BCUT2D eigenvalue weighted by molar-refractivity contribution is 7.93. The first-order valence-electron chi connectivity index (χ1n) is 7.06. The molecule has 0 aliphatic carbocycles. The van der Waals surface area contributed by atoms with Gasteiger partial charge in [0.05, 0.1) is 10.9 Å². The van der Waals surface area contributed by atoms with Crippen LogP contribution in [0.25, 0.3) is 0 Å². The predicted octanol–water partition coefficient (Wildman–Crippen LogP) is 2.46. The van der Waals surface area contributed by atoms with Gasteiger partial charge in [0.25, 0.3) is 0 Å². The summed E-state index contributed by atoms with van der Waals surface area (Å²) in [5, 5.41) is 2.72. The smallest absolute Gasteiger partial charge is 0.238 e.